The van der Waals surface area contributed by atoms with E-state index in [0.29, 0.717) is 6.20 Å². The molecule has 0 bridgehead atoms. The topological polar surface area (TPSA) is 49.0 Å². The van der Waals surface area contributed by atoms with Crippen LogP contribution in [-0.2, 0) is 12.6 Å². The van der Waals surface area contributed by atoms with E-state index >= 15 is 0 Å². The van der Waals surface area contributed by atoms with Crippen molar-refractivity contribution in [3.05, 3.63) is 52.6 Å². The van der Waals surface area contributed by atoms with Gasteiger partial charge in [0.2, 0.25) is 0 Å². The number of aliphatic hydroxyl groups excluding tert-OH is 1. The maximum Gasteiger partial charge on any atom is 0.418 e. The van der Waals surface area contributed by atoms with Crippen LogP contribution in [0, 0.1) is 17.1 Å². The third kappa shape index (κ3) is 2.87. The molecule has 1 heterocycles. The lowest BCUT2D eigenvalue weighted by atomic mass is 9.89. The van der Waals surface area contributed by atoms with Gasteiger partial charge in [-0.3, -0.25) is 0 Å². The fourth-order valence-electron chi connectivity index (χ4n) is 2.99. The number of halogens is 6. The number of nitriles is 1. The second-order valence-corrected chi connectivity index (χ2v) is 5.74. The second kappa shape index (κ2) is 5.52. The van der Waals surface area contributed by atoms with Crippen LogP contribution in [0.1, 0.15) is 34.9 Å². The molecule has 132 valence electrons. The average Bonchev–Trinajstić information content (AvgIpc) is 2.90. The zero-order valence-corrected chi connectivity index (χ0v) is 12.4. The number of rotatable bonds is 1. The lowest BCUT2D eigenvalue weighted by Gasteiger charge is -2.29. The molecule has 0 spiro atoms. The summed E-state index contributed by atoms with van der Waals surface area (Å²) in [5.74, 6) is -4.55. The molecule has 25 heavy (non-hydrogen) atoms. The van der Waals surface area contributed by atoms with Gasteiger partial charge in [0.25, 0.3) is 5.92 Å². The van der Waals surface area contributed by atoms with Gasteiger partial charge < -0.3 is 9.67 Å². The van der Waals surface area contributed by atoms with Crippen LogP contribution in [0.3, 0.4) is 0 Å². The van der Waals surface area contributed by atoms with E-state index in [2.05, 4.69) is 0 Å². The summed E-state index contributed by atoms with van der Waals surface area (Å²) in [4.78, 5) is 0. The number of hydrogen-bond donors (Lipinski definition) is 1. The smallest absolute Gasteiger partial charge is 0.382 e. The molecule has 3 rings (SSSR count). The summed E-state index contributed by atoms with van der Waals surface area (Å²) in [5.41, 5.74) is -2.74. The van der Waals surface area contributed by atoms with Crippen molar-refractivity contribution in [3.63, 3.8) is 0 Å². The standard InChI is InChI=1S/C16H10F6N2O/c17-9-3-8(6-23)4-10(5-9)24-7-11(16(20,21)22)13-12(24)1-2-15(18,19)14(13)25/h3-5,7,14,25H,1-2H2. The molecule has 0 saturated carbocycles. The first kappa shape index (κ1) is 17.4. The van der Waals surface area contributed by atoms with Crippen molar-refractivity contribution in [2.45, 2.75) is 31.0 Å². The second-order valence-electron chi connectivity index (χ2n) is 5.74. The van der Waals surface area contributed by atoms with Gasteiger partial charge in [-0.25, -0.2) is 13.2 Å². The van der Waals surface area contributed by atoms with E-state index in [4.69, 9.17) is 5.26 Å². The van der Waals surface area contributed by atoms with Crippen molar-refractivity contribution < 1.29 is 31.4 Å². The number of nitrogens with zero attached hydrogens (tertiary/aromatic N) is 2. The van der Waals surface area contributed by atoms with E-state index in [1.54, 1.807) is 6.07 Å². The number of aromatic nitrogens is 1. The SMILES string of the molecule is N#Cc1cc(F)cc(-n2cc(C(F)(F)F)c3c2CCC(F)(F)C3O)c1. The molecule has 0 amide bonds. The molecular formula is C16H10F6N2O. The number of aliphatic hydroxyl groups is 1. The van der Waals surface area contributed by atoms with Gasteiger partial charge in [0.1, 0.15) is 11.9 Å². The van der Waals surface area contributed by atoms with Gasteiger partial charge in [0.05, 0.1) is 17.2 Å². The van der Waals surface area contributed by atoms with E-state index in [-0.39, 0.29) is 16.9 Å². The summed E-state index contributed by atoms with van der Waals surface area (Å²) in [5, 5.41) is 18.6. The van der Waals surface area contributed by atoms with E-state index in [9.17, 15) is 31.4 Å². The van der Waals surface area contributed by atoms with Crippen LogP contribution in [0.2, 0.25) is 0 Å². The van der Waals surface area contributed by atoms with E-state index < -0.39 is 48.0 Å². The molecule has 0 fully saturated rings. The molecule has 3 nitrogen and oxygen atoms in total. The van der Waals surface area contributed by atoms with Gasteiger partial charge in [-0.2, -0.15) is 18.4 Å². The van der Waals surface area contributed by atoms with Crippen molar-refractivity contribution in [3.8, 4) is 11.8 Å². The largest absolute Gasteiger partial charge is 0.418 e. The summed E-state index contributed by atoms with van der Waals surface area (Å²) >= 11 is 0. The maximum absolute atomic E-state index is 13.7. The minimum Gasteiger partial charge on any atom is -0.382 e. The zero-order chi connectivity index (χ0) is 18.6. The van der Waals surface area contributed by atoms with Crippen molar-refractivity contribution in [1.29, 1.82) is 5.26 Å². The van der Waals surface area contributed by atoms with Crippen molar-refractivity contribution >= 4 is 0 Å². The van der Waals surface area contributed by atoms with Gasteiger partial charge in [0, 0.05) is 29.6 Å². The number of fused-ring (bicyclic) bond motifs is 1. The molecular weight excluding hydrogens is 350 g/mol. The van der Waals surface area contributed by atoms with Crippen LogP contribution in [0.15, 0.2) is 24.4 Å². The normalized spacial score (nSPS) is 19.4. The van der Waals surface area contributed by atoms with Crippen LogP contribution < -0.4 is 0 Å². The maximum atomic E-state index is 13.7. The third-order valence-corrected chi connectivity index (χ3v) is 4.11. The highest BCUT2D eigenvalue weighted by Gasteiger charge is 2.50. The van der Waals surface area contributed by atoms with E-state index in [1.165, 1.54) is 0 Å². The molecule has 2 aromatic rings. The molecule has 9 heteroatoms. The Balaban J connectivity index is 2.28. The zero-order valence-electron chi connectivity index (χ0n) is 12.4. The summed E-state index contributed by atoms with van der Waals surface area (Å²) in [7, 11) is 0. The monoisotopic (exact) mass is 360 g/mol. The third-order valence-electron chi connectivity index (χ3n) is 4.11. The number of hydrogen-bond acceptors (Lipinski definition) is 2. The summed E-state index contributed by atoms with van der Waals surface area (Å²) in [6.07, 6.45) is -8.32. The van der Waals surface area contributed by atoms with E-state index in [1.807, 2.05) is 0 Å². The Morgan fingerprint density at radius 2 is 1.92 bits per heavy atom. The molecule has 1 aliphatic carbocycles. The molecule has 1 aliphatic rings. The van der Waals surface area contributed by atoms with Crippen molar-refractivity contribution in [2.24, 2.45) is 0 Å². The fourth-order valence-corrected chi connectivity index (χ4v) is 2.99. The Morgan fingerprint density at radius 1 is 1.24 bits per heavy atom. The molecule has 1 N–H and O–H groups in total. The molecule has 1 aromatic carbocycles. The Morgan fingerprint density at radius 3 is 2.52 bits per heavy atom. The summed E-state index contributed by atoms with van der Waals surface area (Å²) < 4.78 is 81.7. The minimum atomic E-state index is -4.98. The van der Waals surface area contributed by atoms with Crippen LogP contribution in [-0.4, -0.2) is 15.6 Å². The van der Waals surface area contributed by atoms with Crippen LogP contribution >= 0.6 is 0 Å². The Hall–Kier alpha value is -2.47. The van der Waals surface area contributed by atoms with Crippen molar-refractivity contribution in [1.82, 2.24) is 4.57 Å². The van der Waals surface area contributed by atoms with Gasteiger partial charge in [-0.1, -0.05) is 0 Å². The van der Waals surface area contributed by atoms with Gasteiger partial charge in [-0.15, -0.1) is 0 Å². The summed E-state index contributed by atoms with van der Waals surface area (Å²) in [6, 6.07) is 4.60. The first-order valence-corrected chi connectivity index (χ1v) is 7.13. The number of alkyl halides is 5. The summed E-state index contributed by atoms with van der Waals surface area (Å²) in [6.45, 7) is 0. The Labute approximate surface area is 137 Å². The van der Waals surface area contributed by atoms with Gasteiger partial charge >= 0.3 is 6.18 Å². The molecule has 0 saturated heterocycles. The van der Waals surface area contributed by atoms with Crippen LogP contribution in [0.4, 0.5) is 26.3 Å². The van der Waals surface area contributed by atoms with Crippen LogP contribution in [0.5, 0.6) is 0 Å². The highest BCUT2D eigenvalue weighted by molar-refractivity contribution is 5.49. The molecule has 1 aromatic heterocycles. The minimum absolute atomic E-state index is 0.110. The van der Waals surface area contributed by atoms with Gasteiger partial charge in [-0.05, 0) is 24.6 Å². The predicted molar refractivity (Wildman–Crippen MR) is 73.7 cm³/mol. The Kier molecular flexibility index (Phi) is 3.84. The van der Waals surface area contributed by atoms with E-state index in [0.717, 1.165) is 22.8 Å². The van der Waals surface area contributed by atoms with Crippen molar-refractivity contribution in [2.75, 3.05) is 0 Å². The highest BCUT2D eigenvalue weighted by Crippen LogP contribution is 2.48. The lowest BCUT2D eigenvalue weighted by Crippen LogP contribution is -2.33. The highest BCUT2D eigenvalue weighted by atomic mass is 19.4. The van der Waals surface area contributed by atoms with Gasteiger partial charge in [0.15, 0.2) is 0 Å². The molecule has 1 atom stereocenters. The molecule has 1 unspecified atom stereocenters. The number of benzene rings is 1. The average molecular weight is 360 g/mol. The molecule has 0 aliphatic heterocycles. The fraction of sp³-hybridized carbons (Fsp3) is 0.312. The Bertz CT molecular complexity index is 878. The quantitative estimate of drug-likeness (QED) is 0.778. The van der Waals surface area contributed by atoms with Crippen LogP contribution in [0.25, 0.3) is 5.69 Å². The molecule has 0 radical (unpaired) electrons. The first-order chi connectivity index (χ1) is 11.5. The lowest BCUT2D eigenvalue weighted by molar-refractivity contribution is -0.147. The first-order valence-electron chi connectivity index (χ1n) is 7.13. The predicted octanol–water partition coefficient (Wildman–Crippen LogP) is 4.12.